The fourth-order valence-electron chi connectivity index (χ4n) is 2.85. The molecule has 0 aliphatic carbocycles. The van der Waals surface area contributed by atoms with E-state index in [1.807, 2.05) is 54.6 Å². The Morgan fingerprint density at radius 2 is 1.53 bits per heavy atom. The van der Waals surface area contributed by atoms with E-state index in [1.54, 1.807) is 24.3 Å². The minimum absolute atomic E-state index is 0.0803. The molecule has 156 valence electrons. The van der Waals surface area contributed by atoms with E-state index in [0.29, 0.717) is 24.4 Å². The second-order valence-electron chi connectivity index (χ2n) is 6.90. The molecule has 1 amide bonds. The van der Waals surface area contributed by atoms with Crippen molar-refractivity contribution in [3.8, 4) is 5.75 Å². The number of hydrogen-bond donors (Lipinski definition) is 2. The smallest absolute Gasteiger partial charge is 0.229 e. The van der Waals surface area contributed by atoms with Crippen LogP contribution in [0.3, 0.4) is 0 Å². The molecule has 3 aromatic rings. The minimum atomic E-state index is -3.41. The highest BCUT2D eigenvalue weighted by Gasteiger charge is 2.10. The highest BCUT2D eigenvalue weighted by molar-refractivity contribution is 7.92. The SMILES string of the molecule is CS(=O)(=O)Nc1ccccc1CC(=O)NCc1ccc(OCc2ccccc2)cc1. The summed E-state index contributed by atoms with van der Waals surface area (Å²) in [4.78, 5) is 12.3. The molecule has 0 saturated carbocycles. The molecule has 3 rings (SSSR count). The number of benzene rings is 3. The van der Waals surface area contributed by atoms with E-state index in [9.17, 15) is 13.2 Å². The molecule has 0 radical (unpaired) electrons. The first-order chi connectivity index (χ1) is 14.4. The van der Waals surface area contributed by atoms with Crippen LogP contribution in [0, 0.1) is 0 Å². The van der Waals surface area contributed by atoms with Gasteiger partial charge < -0.3 is 10.1 Å². The zero-order valence-corrected chi connectivity index (χ0v) is 17.5. The van der Waals surface area contributed by atoms with E-state index >= 15 is 0 Å². The van der Waals surface area contributed by atoms with Gasteiger partial charge in [0.1, 0.15) is 12.4 Å². The second-order valence-corrected chi connectivity index (χ2v) is 8.65. The zero-order chi connectivity index (χ0) is 21.4. The Labute approximate surface area is 177 Å². The molecule has 2 N–H and O–H groups in total. The predicted octanol–water partition coefficient (Wildman–Crippen LogP) is 3.50. The van der Waals surface area contributed by atoms with Crippen molar-refractivity contribution < 1.29 is 17.9 Å². The summed E-state index contributed by atoms with van der Waals surface area (Å²) < 4.78 is 31.2. The zero-order valence-electron chi connectivity index (χ0n) is 16.7. The Hall–Kier alpha value is -3.32. The van der Waals surface area contributed by atoms with Crippen molar-refractivity contribution in [2.24, 2.45) is 0 Å². The fourth-order valence-corrected chi connectivity index (χ4v) is 3.45. The molecule has 0 aliphatic heterocycles. The summed E-state index contributed by atoms with van der Waals surface area (Å²) in [6, 6.07) is 24.3. The predicted molar refractivity (Wildman–Crippen MR) is 118 cm³/mol. The standard InChI is InChI=1S/C23H24N2O4S/c1-30(27,28)25-22-10-6-5-9-20(22)15-23(26)24-16-18-11-13-21(14-12-18)29-17-19-7-3-2-4-8-19/h2-14,25H,15-17H2,1H3,(H,24,26). The van der Waals surface area contributed by atoms with Crippen molar-refractivity contribution in [1.29, 1.82) is 0 Å². The van der Waals surface area contributed by atoms with Crippen molar-refractivity contribution >= 4 is 21.6 Å². The van der Waals surface area contributed by atoms with Gasteiger partial charge in [0.2, 0.25) is 15.9 Å². The maximum atomic E-state index is 12.3. The Morgan fingerprint density at radius 1 is 0.867 bits per heavy atom. The lowest BCUT2D eigenvalue weighted by Crippen LogP contribution is -2.25. The Kier molecular flexibility index (Phi) is 7.08. The average Bonchev–Trinajstić information content (AvgIpc) is 2.73. The maximum Gasteiger partial charge on any atom is 0.229 e. The number of para-hydroxylation sites is 1. The van der Waals surface area contributed by atoms with Gasteiger partial charge in [0, 0.05) is 6.54 Å². The van der Waals surface area contributed by atoms with Crippen molar-refractivity contribution in [3.63, 3.8) is 0 Å². The van der Waals surface area contributed by atoms with Gasteiger partial charge in [-0.25, -0.2) is 8.42 Å². The molecule has 0 bridgehead atoms. The van der Waals surface area contributed by atoms with Crippen LogP contribution in [0.2, 0.25) is 0 Å². The molecule has 0 saturated heterocycles. The van der Waals surface area contributed by atoms with E-state index in [1.165, 1.54) is 0 Å². The normalized spacial score (nSPS) is 11.0. The first kappa shape index (κ1) is 21.4. The van der Waals surface area contributed by atoms with Crippen molar-refractivity contribution in [3.05, 3.63) is 95.6 Å². The Bertz CT molecular complexity index is 1080. The van der Waals surface area contributed by atoms with Crippen LogP contribution < -0.4 is 14.8 Å². The number of hydrogen-bond acceptors (Lipinski definition) is 4. The minimum Gasteiger partial charge on any atom is -0.489 e. The molecule has 0 spiro atoms. The Balaban J connectivity index is 1.50. The summed E-state index contributed by atoms with van der Waals surface area (Å²) in [5.41, 5.74) is 3.07. The molecule has 0 fully saturated rings. The van der Waals surface area contributed by atoms with Crippen LogP contribution in [-0.2, 0) is 34.4 Å². The van der Waals surface area contributed by atoms with E-state index in [2.05, 4.69) is 10.0 Å². The third-order valence-corrected chi connectivity index (χ3v) is 4.92. The molecule has 30 heavy (non-hydrogen) atoms. The highest BCUT2D eigenvalue weighted by Crippen LogP contribution is 2.17. The van der Waals surface area contributed by atoms with Gasteiger partial charge >= 0.3 is 0 Å². The summed E-state index contributed by atoms with van der Waals surface area (Å²) in [5.74, 6) is 0.567. The lowest BCUT2D eigenvalue weighted by molar-refractivity contribution is -0.120. The monoisotopic (exact) mass is 424 g/mol. The highest BCUT2D eigenvalue weighted by atomic mass is 32.2. The topological polar surface area (TPSA) is 84.5 Å². The maximum absolute atomic E-state index is 12.3. The molecule has 6 nitrogen and oxygen atoms in total. The molecule has 3 aromatic carbocycles. The van der Waals surface area contributed by atoms with Crippen molar-refractivity contribution in [1.82, 2.24) is 5.32 Å². The van der Waals surface area contributed by atoms with Crippen LogP contribution in [0.25, 0.3) is 0 Å². The Morgan fingerprint density at radius 3 is 2.23 bits per heavy atom. The third-order valence-electron chi connectivity index (χ3n) is 4.33. The summed E-state index contributed by atoms with van der Waals surface area (Å²) in [6.45, 7) is 0.872. The van der Waals surface area contributed by atoms with Crippen molar-refractivity contribution in [2.45, 2.75) is 19.6 Å². The number of anilines is 1. The number of carbonyl (C=O) groups excluding carboxylic acids is 1. The van der Waals surface area contributed by atoms with E-state index in [-0.39, 0.29) is 12.3 Å². The number of carbonyl (C=O) groups is 1. The van der Waals surface area contributed by atoms with Gasteiger partial charge in [0.15, 0.2) is 0 Å². The fraction of sp³-hybridized carbons (Fsp3) is 0.174. The van der Waals surface area contributed by atoms with Crippen LogP contribution in [0.4, 0.5) is 5.69 Å². The van der Waals surface area contributed by atoms with Gasteiger partial charge in [0.25, 0.3) is 0 Å². The molecule has 0 heterocycles. The van der Waals surface area contributed by atoms with Gasteiger partial charge in [0.05, 0.1) is 18.4 Å². The van der Waals surface area contributed by atoms with E-state index in [0.717, 1.165) is 23.1 Å². The number of sulfonamides is 1. The molecular formula is C23H24N2O4S. The quantitative estimate of drug-likeness (QED) is 0.551. The van der Waals surface area contributed by atoms with Crippen LogP contribution >= 0.6 is 0 Å². The van der Waals surface area contributed by atoms with Crippen LogP contribution in [0.5, 0.6) is 5.75 Å². The lowest BCUT2D eigenvalue weighted by atomic mass is 10.1. The number of ether oxygens (including phenoxy) is 1. The molecular weight excluding hydrogens is 400 g/mol. The third kappa shape index (κ3) is 6.93. The first-order valence-electron chi connectivity index (χ1n) is 9.47. The van der Waals surface area contributed by atoms with Crippen LogP contribution in [-0.4, -0.2) is 20.6 Å². The van der Waals surface area contributed by atoms with Crippen molar-refractivity contribution in [2.75, 3.05) is 11.0 Å². The molecule has 0 aliphatic rings. The molecule has 7 heteroatoms. The summed E-state index contributed by atoms with van der Waals surface area (Å²) >= 11 is 0. The van der Waals surface area contributed by atoms with Gasteiger partial charge in [-0.1, -0.05) is 60.7 Å². The largest absolute Gasteiger partial charge is 0.489 e. The van der Waals surface area contributed by atoms with Gasteiger partial charge in [-0.3, -0.25) is 9.52 Å². The van der Waals surface area contributed by atoms with Crippen LogP contribution in [0.15, 0.2) is 78.9 Å². The number of nitrogens with one attached hydrogen (secondary N) is 2. The number of amides is 1. The van der Waals surface area contributed by atoms with Gasteiger partial charge in [-0.15, -0.1) is 0 Å². The van der Waals surface area contributed by atoms with Gasteiger partial charge in [-0.05, 0) is 34.9 Å². The second kappa shape index (κ2) is 9.93. The molecule has 0 unspecified atom stereocenters. The summed E-state index contributed by atoms with van der Waals surface area (Å²) in [7, 11) is -3.41. The van der Waals surface area contributed by atoms with E-state index in [4.69, 9.17) is 4.74 Å². The summed E-state index contributed by atoms with van der Waals surface area (Å²) in [6.07, 6.45) is 1.16. The number of rotatable bonds is 9. The average molecular weight is 425 g/mol. The van der Waals surface area contributed by atoms with E-state index < -0.39 is 10.0 Å². The van der Waals surface area contributed by atoms with Crippen LogP contribution in [0.1, 0.15) is 16.7 Å². The van der Waals surface area contributed by atoms with Gasteiger partial charge in [-0.2, -0.15) is 0 Å². The molecule has 0 atom stereocenters. The lowest BCUT2D eigenvalue weighted by Gasteiger charge is -2.11. The summed E-state index contributed by atoms with van der Waals surface area (Å²) in [5, 5.41) is 2.86. The first-order valence-corrected chi connectivity index (χ1v) is 11.4. The molecule has 0 aromatic heterocycles.